The van der Waals surface area contributed by atoms with Gasteiger partial charge >= 0.3 is 6.09 Å². The third kappa shape index (κ3) is 5.24. The third-order valence-corrected chi connectivity index (χ3v) is 5.81. The van der Waals surface area contributed by atoms with Gasteiger partial charge in [-0.3, -0.25) is 0 Å². The molecule has 1 aromatic rings. The number of halogens is 1. The number of rotatable bonds is 2. The van der Waals surface area contributed by atoms with E-state index in [9.17, 15) is 4.79 Å². The van der Waals surface area contributed by atoms with Gasteiger partial charge in [-0.15, -0.1) is 0 Å². The number of anilines is 1. The lowest BCUT2D eigenvalue weighted by atomic mass is 9.79. The second-order valence-electron chi connectivity index (χ2n) is 8.72. The van der Waals surface area contributed by atoms with E-state index in [1.54, 1.807) is 6.20 Å². The van der Waals surface area contributed by atoms with Crippen LogP contribution in [0.2, 0.25) is 5.02 Å². The molecule has 0 spiro atoms. The Morgan fingerprint density at radius 2 is 1.67 bits per heavy atom. The summed E-state index contributed by atoms with van der Waals surface area (Å²) in [5, 5.41) is 0.629. The molecule has 0 aliphatic carbocycles. The van der Waals surface area contributed by atoms with Crippen molar-refractivity contribution >= 4 is 23.5 Å². The number of hydrogen-bond donors (Lipinski definition) is 0. The van der Waals surface area contributed by atoms with E-state index in [2.05, 4.69) is 14.9 Å². The van der Waals surface area contributed by atoms with Crippen molar-refractivity contribution in [3.63, 3.8) is 0 Å². The Balaban J connectivity index is 1.48. The molecule has 0 N–H and O–H groups in total. The van der Waals surface area contributed by atoms with E-state index in [-0.39, 0.29) is 6.09 Å². The predicted molar refractivity (Wildman–Crippen MR) is 107 cm³/mol. The van der Waals surface area contributed by atoms with E-state index in [0.29, 0.717) is 16.9 Å². The Morgan fingerprint density at radius 3 is 2.22 bits per heavy atom. The molecule has 2 saturated heterocycles. The first-order chi connectivity index (χ1) is 12.7. The summed E-state index contributed by atoms with van der Waals surface area (Å²) >= 11 is 6.29. The second-order valence-corrected chi connectivity index (χ2v) is 9.13. The van der Waals surface area contributed by atoms with Crippen LogP contribution in [0.5, 0.6) is 0 Å². The van der Waals surface area contributed by atoms with Gasteiger partial charge in [-0.2, -0.15) is 0 Å². The highest BCUT2D eigenvalue weighted by Gasteiger charge is 2.32. The zero-order valence-corrected chi connectivity index (χ0v) is 17.6. The number of likely N-dealkylation sites (tertiary alicyclic amines) is 1. The number of amides is 1. The summed E-state index contributed by atoms with van der Waals surface area (Å²) < 4.78 is 5.50. The van der Waals surface area contributed by atoms with Gasteiger partial charge in [-0.05, 0) is 65.2 Å². The zero-order chi connectivity index (χ0) is 19.6. The van der Waals surface area contributed by atoms with Gasteiger partial charge in [0.25, 0.3) is 0 Å². The van der Waals surface area contributed by atoms with Crippen LogP contribution < -0.4 is 4.90 Å². The first-order valence-corrected chi connectivity index (χ1v) is 10.3. The molecule has 1 aromatic heterocycles. The standard InChI is InChI=1S/C20H31ClN4O2/c1-14-22-13-17(21)18(23-14)24-9-5-15(6-10-24)16-7-11-25(12-8-16)19(26)27-20(2,3)4/h13,15-16H,5-12H2,1-4H3. The number of carbonyl (C=O) groups excluding carboxylic acids is 1. The quantitative estimate of drug-likeness (QED) is 0.748. The number of piperidine rings is 2. The van der Waals surface area contributed by atoms with E-state index in [4.69, 9.17) is 16.3 Å². The van der Waals surface area contributed by atoms with Crippen LogP contribution in [-0.4, -0.2) is 52.7 Å². The fourth-order valence-corrected chi connectivity index (χ4v) is 4.34. The molecule has 2 aliphatic rings. The molecule has 150 valence electrons. The first kappa shape index (κ1) is 20.2. The predicted octanol–water partition coefficient (Wildman–Crippen LogP) is 4.30. The van der Waals surface area contributed by atoms with Gasteiger partial charge in [0.05, 0.1) is 6.20 Å². The lowest BCUT2D eigenvalue weighted by Gasteiger charge is -2.40. The number of hydrogen-bond acceptors (Lipinski definition) is 5. The molecule has 0 radical (unpaired) electrons. The number of nitrogens with zero attached hydrogens (tertiary/aromatic N) is 4. The molecular weight excluding hydrogens is 364 g/mol. The van der Waals surface area contributed by atoms with E-state index in [1.807, 2.05) is 32.6 Å². The van der Waals surface area contributed by atoms with Crippen molar-refractivity contribution < 1.29 is 9.53 Å². The highest BCUT2D eigenvalue weighted by molar-refractivity contribution is 6.32. The normalized spacial score (nSPS) is 20.0. The Morgan fingerprint density at radius 1 is 1.11 bits per heavy atom. The van der Waals surface area contributed by atoms with Crippen LogP contribution in [0.25, 0.3) is 0 Å². The minimum atomic E-state index is -0.429. The maximum atomic E-state index is 12.2. The molecule has 0 saturated carbocycles. The number of aryl methyl sites for hydroxylation is 1. The number of carbonyl (C=O) groups is 1. The monoisotopic (exact) mass is 394 g/mol. The maximum Gasteiger partial charge on any atom is 0.410 e. The van der Waals surface area contributed by atoms with Crippen LogP contribution in [-0.2, 0) is 4.74 Å². The Kier molecular flexibility index (Phi) is 6.14. The van der Waals surface area contributed by atoms with Crippen molar-refractivity contribution in [2.24, 2.45) is 11.8 Å². The maximum absolute atomic E-state index is 12.2. The third-order valence-electron chi connectivity index (χ3n) is 5.54. The molecule has 3 rings (SSSR count). The first-order valence-electron chi connectivity index (χ1n) is 9.95. The lowest BCUT2D eigenvalue weighted by Crippen LogP contribution is -2.44. The van der Waals surface area contributed by atoms with Crippen molar-refractivity contribution in [1.29, 1.82) is 0 Å². The molecule has 0 unspecified atom stereocenters. The molecule has 2 fully saturated rings. The largest absolute Gasteiger partial charge is 0.444 e. The minimum Gasteiger partial charge on any atom is -0.444 e. The fraction of sp³-hybridized carbons (Fsp3) is 0.750. The van der Waals surface area contributed by atoms with Crippen molar-refractivity contribution in [1.82, 2.24) is 14.9 Å². The van der Waals surface area contributed by atoms with Crippen LogP contribution in [0, 0.1) is 18.8 Å². The summed E-state index contributed by atoms with van der Waals surface area (Å²) in [5.41, 5.74) is -0.429. The van der Waals surface area contributed by atoms with E-state index in [1.165, 1.54) is 0 Å². The van der Waals surface area contributed by atoms with Gasteiger partial charge in [0.2, 0.25) is 0 Å². The Hall–Kier alpha value is -1.56. The molecular formula is C20H31ClN4O2. The molecule has 3 heterocycles. The van der Waals surface area contributed by atoms with Gasteiger partial charge < -0.3 is 14.5 Å². The number of ether oxygens (including phenoxy) is 1. The number of aromatic nitrogens is 2. The molecule has 7 heteroatoms. The summed E-state index contributed by atoms with van der Waals surface area (Å²) in [4.78, 5) is 25.0. The topological polar surface area (TPSA) is 58.6 Å². The van der Waals surface area contributed by atoms with Crippen LogP contribution >= 0.6 is 11.6 Å². The molecule has 1 amide bonds. The molecule has 6 nitrogen and oxygen atoms in total. The minimum absolute atomic E-state index is 0.176. The fourth-order valence-electron chi connectivity index (χ4n) is 4.13. The van der Waals surface area contributed by atoms with Crippen LogP contribution in [0.4, 0.5) is 10.6 Å². The zero-order valence-electron chi connectivity index (χ0n) is 16.9. The second kappa shape index (κ2) is 8.21. The van der Waals surface area contributed by atoms with Crippen molar-refractivity contribution in [2.45, 2.75) is 59.0 Å². The van der Waals surface area contributed by atoms with Gasteiger partial charge in [0.15, 0.2) is 5.82 Å². The van der Waals surface area contributed by atoms with E-state index in [0.717, 1.165) is 63.5 Å². The van der Waals surface area contributed by atoms with Crippen molar-refractivity contribution in [3.8, 4) is 0 Å². The van der Waals surface area contributed by atoms with Crippen LogP contribution in [0.1, 0.15) is 52.3 Å². The van der Waals surface area contributed by atoms with Gasteiger partial charge in [0.1, 0.15) is 16.4 Å². The SMILES string of the molecule is Cc1ncc(Cl)c(N2CCC(C3CCN(C(=O)OC(C)(C)C)CC3)CC2)n1. The van der Waals surface area contributed by atoms with Gasteiger partial charge in [-0.25, -0.2) is 14.8 Å². The Labute approximate surface area is 167 Å². The molecule has 27 heavy (non-hydrogen) atoms. The van der Waals surface area contributed by atoms with Crippen LogP contribution in [0.3, 0.4) is 0 Å². The summed E-state index contributed by atoms with van der Waals surface area (Å²) in [6.45, 7) is 11.2. The average Bonchev–Trinajstić information content (AvgIpc) is 2.63. The van der Waals surface area contributed by atoms with E-state index >= 15 is 0 Å². The highest BCUT2D eigenvalue weighted by atomic mass is 35.5. The van der Waals surface area contributed by atoms with Crippen molar-refractivity contribution in [2.75, 3.05) is 31.1 Å². The highest BCUT2D eigenvalue weighted by Crippen LogP contribution is 2.35. The summed E-state index contributed by atoms with van der Waals surface area (Å²) in [6.07, 6.45) is 5.95. The molecule has 0 bridgehead atoms. The van der Waals surface area contributed by atoms with Crippen molar-refractivity contribution in [3.05, 3.63) is 17.0 Å². The average molecular weight is 395 g/mol. The summed E-state index contributed by atoms with van der Waals surface area (Å²) in [5.74, 6) is 3.02. The Bertz CT molecular complexity index is 660. The molecule has 0 aromatic carbocycles. The smallest absolute Gasteiger partial charge is 0.410 e. The van der Waals surface area contributed by atoms with Gasteiger partial charge in [-0.1, -0.05) is 11.6 Å². The summed E-state index contributed by atoms with van der Waals surface area (Å²) in [6, 6.07) is 0. The molecule has 2 aliphatic heterocycles. The van der Waals surface area contributed by atoms with E-state index < -0.39 is 5.60 Å². The van der Waals surface area contributed by atoms with Gasteiger partial charge in [0, 0.05) is 26.2 Å². The lowest BCUT2D eigenvalue weighted by molar-refractivity contribution is 0.0152. The van der Waals surface area contributed by atoms with Crippen LogP contribution in [0.15, 0.2) is 6.20 Å². The summed E-state index contributed by atoms with van der Waals surface area (Å²) in [7, 11) is 0. The molecule has 0 atom stereocenters.